The number of halogens is 3. The first-order valence-electron chi connectivity index (χ1n) is 20.8. The van der Waals surface area contributed by atoms with Gasteiger partial charge >= 0.3 is 6.18 Å². The Bertz CT molecular complexity index is 2230. The Morgan fingerprint density at radius 3 is 2.40 bits per heavy atom. The second-order valence-electron chi connectivity index (χ2n) is 17.5. The fourth-order valence-electron chi connectivity index (χ4n) is 10.1. The first kappa shape index (κ1) is 43.4. The number of nitriles is 1. The highest BCUT2D eigenvalue weighted by Crippen LogP contribution is 2.41. The highest BCUT2D eigenvalue weighted by molar-refractivity contribution is 7.80. The van der Waals surface area contributed by atoms with Crippen molar-refractivity contribution >= 4 is 57.4 Å². The number of rotatable bonds is 11. The van der Waals surface area contributed by atoms with E-state index in [2.05, 4.69) is 29.2 Å². The maximum absolute atomic E-state index is 13.8. The van der Waals surface area contributed by atoms with E-state index in [4.69, 9.17) is 17.0 Å². The molecule has 60 heavy (non-hydrogen) atoms. The summed E-state index contributed by atoms with van der Waals surface area (Å²) in [6, 6.07) is 10.9. The van der Waals surface area contributed by atoms with E-state index in [1.54, 1.807) is 24.6 Å². The lowest BCUT2D eigenvalue weighted by Gasteiger charge is -2.43. The van der Waals surface area contributed by atoms with Crippen molar-refractivity contribution in [3.63, 3.8) is 0 Å². The number of piperidine rings is 2. The minimum absolute atomic E-state index is 0.00734. The van der Waals surface area contributed by atoms with E-state index in [0.717, 1.165) is 60.7 Å². The van der Waals surface area contributed by atoms with Crippen molar-refractivity contribution in [2.75, 3.05) is 18.1 Å². The molecule has 4 fully saturated rings. The van der Waals surface area contributed by atoms with Gasteiger partial charge in [-0.15, -0.1) is 0 Å². The smallest absolute Gasteiger partial charge is 0.378 e. The van der Waals surface area contributed by atoms with E-state index < -0.39 is 34.7 Å². The number of nitrogens with zero attached hydrogens (tertiary/aromatic N) is 6. The first-order chi connectivity index (χ1) is 28.4. The predicted molar refractivity (Wildman–Crippen MR) is 222 cm³/mol. The lowest BCUT2D eigenvalue weighted by atomic mass is 9.84. The van der Waals surface area contributed by atoms with Gasteiger partial charge in [0.2, 0.25) is 11.8 Å². The maximum Gasteiger partial charge on any atom is 0.417 e. The zero-order chi connectivity index (χ0) is 43.3. The van der Waals surface area contributed by atoms with Gasteiger partial charge in [0.1, 0.15) is 5.54 Å². The molecule has 0 bridgehead atoms. The minimum Gasteiger partial charge on any atom is -0.378 e. The number of fused-ring (bicyclic) bond motifs is 1. The molecule has 1 aromatic heterocycles. The molecule has 1 saturated carbocycles. The number of ketones is 1. The average Bonchev–Trinajstić information content (AvgIpc) is 3.61. The molecule has 1 N–H and O–H groups in total. The maximum atomic E-state index is 13.8. The highest BCUT2D eigenvalue weighted by atomic mass is 32.1. The van der Waals surface area contributed by atoms with Crippen LogP contribution < -0.4 is 10.2 Å². The molecular formula is C44H52F3N7O5S. The molecule has 3 aliphatic heterocycles. The van der Waals surface area contributed by atoms with Gasteiger partial charge in [0.15, 0.2) is 10.9 Å². The van der Waals surface area contributed by atoms with Crippen LogP contribution in [0.15, 0.2) is 36.4 Å². The van der Waals surface area contributed by atoms with Crippen molar-refractivity contribution in [2.45, 2.75) is 134 Å². The molecule has 7 rings (SSSR count). The molecule has 0 radical (unpaired) electrons. The summed E-state index contributed by atoms with van der Waals surface area (Å²) < 4.78 is 49.4. The number of alkyl halides is 3. The summed E-state index contributed by atoms with van der Waals surface area (Å²) >= 11 is 5.76. The zero-order valence-electron chi connectivity index (χ0n) is 34.7. The summed E-state index contributed by atoms with van der Waals surface area (Å²) in [5, 5.41) is 17.3. The number of benzene rings is 2. The number of nitrogens with one attached hydrogen (secondary N) is 1. The van der Waals surface area contributed by atoms with E-state index in [0.29, 0.717) is 44.0 Å². The number of carbonyl (C=O) groups excluding carboxylic acids is 4. The number of para-hydroxylation sites is 1. The van der Waals surface area contributed by atoms with Gasteiger partial charge < -0.3 is 9.64 Å². The number of hydrogen-bond donors (Lipinski definition) is 1. The van der Waals surface area contributed by atoms with Gasteiger partial charge in [-0.3, -0.25) is 39.0 Å². The molecular weight excluding hydrogens is 796 g/mol. The van der Waals surface area contributed by atoms with E-state index in [9.17, 15) is 37.6 Å². The van der Waals surface area contributed by atoms with Crippen LogP contribution in [0.2, 0.25) is 0 Å². The van der Waals surface area contributed by atoms with Gasteiger partial charge in [0.25, 0.3) is 5.91 Å². The monoisotopic (exact) mass is 847 g/mol. The SMILES string of the molecule is C[C@@H]1CC(CCOC2CCC(N3C(=S)N(c4ccc(C#N)c(C(F)(F)F)c4)C(=O)C3(C)C)CC2)C[C@H](C)N1CC(=O)Cc1cccc2c(C3CCC(=O)NC3=O)nn(C)c12. The van der Waals surface area contributed by atoms with Crippen molar-refractivity contribution in [2.24, 2.45) is 13.0 Å². The summed E-state index contributed by atoms with van der Waals surface area (Å²) in [6.45, 7) is 8.80. The molecule has 3 saturated heterocycles. The average molecular weight is 848 g/mol. The molecule has 320 valence electrons. The first-order valence-corrected chi connectivity index (χ1v) is 21.3. The Balaban J connectivity index is 0.884. The quantitative estimate of drug-likeness (QED) is 0.164. The minimum atomic E-state index is -4.76. The number of likely N-dealkylation sites (tertiary alicyclic amines) is 1. The van der Waals surface area contributed by atoms with Crippen molar-refractivity contribution in [3.05, 3.63) is 58.8 Å². The molecule has 3 aromatic rings. The third-order valence-electron chi connectivity index (χ3n) is 13.1. The van der Waals surface area contributed by atoms with Gasteiger partial charge in [-0.1, -0.05) is 18.2 Å². The van der Waals surface area contributed by atoms with Crippen LogP contribution in [0, 0.1) is 17.2 Å². The van der Waals surface area contributed by atoms with Crippen molar-refractivity contribution in [3.8, 4) is 6.07 Å². The number of hydrogen-bond acceptors (Lipinski definition) is 9. The number of imide groups is 1. The van der Waals surface area contributed by atoms with Crippen LogP contribution >= 0.6 is 12.2 Å². The van der Waals surface area contributed by atoms with Crippen LogP contribution in [0.1, 0.15) is 114 Å². The fourth-order valence-corrected chi connectivity index (χ4v) is 10.7. The topological polar surface area (TPSA) is 141 Å². The molecule has 16 heteroatoms. The number of amides is 3. The van der Waals surface area contributed by atoms with Gasteiger partial charge in [0.05, 0.1) is 52.7 Å². The van der Waals surface area contributed by atoms with Crippen LogP contribution in [-0.4, -0.2) is 91.1 Å². The van der Waals surface area contributed by atoms with Crippen LogP contribution in [0.3, 0.4) is 0 Å². The number of anilines is 1. The van der Waals surface area contributed by atoms with Gasteiger partial charge in [-0.25, -0.2) is 0 Å². The predicted octanol–water partition coefficient (Wildman–Crippen LogP) is 6.71. The fraction of sp³-hybridized carbons (Fsp3) is 0.568. The number of aromatic nitrogens is 2. The van der Waals surface area contributed by atoms with Gasteiger partial charge in [0, 0.05) is 50.0 Å². The van der Waals surface area contributed by atoms with E-state index in [-0.39, 0.29) is 65.5 Å². The molecule has 4 aliphatic rings. The molecule has 0 spiro atoms. The van der Waals surface area contributed by atoms with Crippen molar-refractivity contribution in [1.29, 1.82) is 5.26 Å². The molecule has 4 heterocycles. The Kier molecular flexibility index (Phi) is 12.3. The number of carbonyl (C=O) groups is 4. The number of aryl methyl sites for hydroxylation is 1. The summed E-state index contributed by atoms with van der Waals surface area (Å²) in [4.78, 5) is 57.0. The van der Waals surface area contributed by atoms with Crippen LogP contribution in [0.25, 0.3) is 10.9 Å². The molecule has 2 aromatic carbocycles. The molecule has 4 atom stereocenters. The number of Topliss-reactive ketones (excluding diaryl/α,β-unsaturated/α-hetero) is 1. The van der Waals surface area contributed by atoms with Gasteiger partial charge in [-0.05, 0) is 121 Å². The Morgan fingerprint density at radius 1 is 1.05 bits per heavy atom. The molecule has 1 aliphatic carbocycles. The van der Waals surface area contributed by atoms with Gasteiger partial charge in [-0.2, -0.15) is 23.5 Å². The zero-order valence-corrected chi connectivity index (χ0v) is 35.5. The summed E-state index contributed by atoms with van der Waals surface area (Å²) in [6.07, 6.45) is 1.99. The third kappa shape index (κ3) is 8.45. The summed E-state index contributed by atoms with van der Waals surface area (Å²) in [5.41, 5.74) is -0.371. The highest BCUT2D eigenvalue weighted by Gasteiger charge is 2.53. The normalized spacial score (nSPS) is 26.4. The summed E-state index contributed by atoms with van der Waals surface area (Å²) in [7, 11) is 1.82. The molecule has 2 unspecified atom stereocenters. The largest absolute Gasteiger partial charge is 0.417 e. The standard InChI is InChI=1S/C44H52F3N7O5S/c1-25-19-27(20-26(2)52(25)24-32(55)21-28-7-6-8-34-38(50-51(5)39(28)34)35-15-16-37(56)49-40(35)57)17-18-59-33-13-11-30(12-14-33)54-42(60)53(41(58)43(54,3)4)31-10-9-29(23-48)36(22-31)44(45,46)47/h6-10,22,25-27,30,33,35H,11-21,24H2,1-5H3,(H,49,56,57)/t25-,26+,27?,30?,33?,35?. The van der Waals surface area contributed by atoms with E-state index in [1.807, 2.05) is 30.1 Å². The second-order valence-corrected chi connectivity index (χ2v) is 17.9. The van der Waals surface area contributed by atoms with Crippen molar-refractivity contribution < 1.29 is 37.1 Å². The van der Waals surface area contributed by atoms with E-state index >= 15 is 0 Å². The van der Waals surface area contributed by atoms with Crippen LogP contribution in [-0.2, 0) is 43.6 Å². The Labute approximate surface area is 353 Å². The lowest BCUT2D eigenvalue weighted by molar-refractivity contribution is -0.138. The molecule has 12 nitrogen and oxygen atoms in total. The Morgan fingerprint density at radius 2 is 1.75 bits per heavy atom. The second kappa shape index (κ2) is 17.0. The van der Waals surface area contributed by atoms with Crippen molar-refractivity contribution in [1.82, 2.24) is 24.9 Å². The molecule has 3 amide bonds. The summed E-state index contributed by atoms with van der Waals surface area (Å²) in [5.74, 6) is -0.970. The lowest BCUT2D eigenvalue weighted by Crippen LogP contribution is -2.51. The van der Waals surface area contributed by atoms with Crippen LogP contribution in [0.5, 0.6) is 0 Å². The third-order valence-corrected chi connectivity index (χ3v) is 13.5. The van der Waals surface area contributed by atoms with E-state index in [1.165, 1.54) is 11.0 Å². The number of thiocarbonyl (C=S) groups is 1. The Hall–Kier alpha value is -4.72. The number of ether oxygens (including phenoxy) is 1. The van der Waals surface area contributed by atoms with Crippen LogP contribution in [0.4, 0.5) is 18.9 Å².